The molecule has 0 aliphatic carbocycles. The van der Waals surface area contributed by atoms with Crippen molar-refractivity contribution in [2.75, 3.05) is 13.2 Å². The lowest BCUT2D eigenvalue weighted by Gasteiger charge is -2.16. The molecule has 0 N–H and O–H groups in total. The van der Waals surface area contributed by atoms with Crippen LogP contribution in [0.15, 0.2) is 15.8 Å². The highest BCUT2D eigenvalue weighted by atomic mass is 16.5. The monoisotopic (exact) mass is 326 g/mol. The highest BCUT2D eigenvalue weighted by molar-refractivity contribution is 5.84. The van der Waals surface area contributed by atoms with Crippen LogP contribution in [0.2, 0.25) is 0 Å². The third-order valence-corrected chi connectivity index (χ3v) is 3.26. The van der Waals surface area contributed by atoms with E-state index >= 15 is 0 Å². The Bertz CT molecular complexity index is 688. The lowest BCUT2D eigenvalue weighted by molar-refractivity contribution is -0.152. The zero-order valence-corrected chi connectivity index (χ0v) is 13.8. The third kappa shape index (κ3) is 4.54. The molecule has 0 aromatic carbocycles. The van der Waals surface area contributed by atoms with Crippen molar-refractivity contribution in [3.63, 3.8) is 0 Å². The maximum Gasteiger partial charge on any atom is 0.330 e. The van der Waals surface area contributed by atoms with E-state index in [2.05, 4.69) is 0 Å². The normalized spacial score (nSPS) is 11.8. The molecule has 0 radical (unpaired) electrons. The molecule has 1 unspecified atom stereocenters. The van der Waals surface area contributed by atoms with Gasteiger partial charge < -0.3 is 14.0 Å². The Morgan fingerprint density at radius 1 is 1.17 bits per heavy atom. The summed E-state index contributed by atoms with van der Waals surface area (Å²) in [5.74, 6) is -2.40. The number of carbonyl (C=O) groups excluding carboxylic acids is 2. The summed E-state index contributed by atoms with van der Waals surface area (Å²) in [6.07, 6.45) is 1.60. The first-order valence-electron chi connectivity index (χ1n) is 7.42. The molecule has 0 spiro atoms. The van der Waals surface area contributed by atoms with Crippen molar-refractivity contribution in [3.8, 4) is 0 Å². The SMILES string of the molecule is CCCOC(=O)CC(C(=O)OCC)c1cn(C)c(=O)n(C)c1=O. The van der Waals surface area contributed by atoms with Crippen LogP contribution in [0.4, 0.5) is 0 Å². The van der Waals surface area contributed by atoms with Gasteiger partial charge in [0, 0.05) is 25.9 Å². The molecular formula is C15H22N2O6. The van der Waals surface area contributed by atoms with Gasteiger partial charge >= 0.3 is 17.6 Å². The minimum absolute atomic E-state index is 0.0292. The molecule has 1 heterocycles. The first-order valence-corrected chi connectivity index (χ1v) is 7.42. The first kappa shape index (κ1) is 18.7. The molecule has 0 bridgehead atoms. The topological polar surface area (TPSA) is 96.6 Å². The second-order valence-corrected chi connectivity index (χ2v) is 5.07. The van der Waals surface area contributed by atoms with E-state index in [0.29, 0.717) is 6.42 Å². The van der Waals surface area contributed by atoms with Crippen molar-refractivity contribution in [1.29, 1.82) is 0 Å². The highest BCUT2D eigenvalue weighted by Gasteiger charge is 2.29. The summed E-state index contributed by atoms with van der Waals surface area (Å²) in [7, 11) is 2.77. The number of nitrogens with zero attached hydrogens (tertiary/aromatic N) is 2. The number of rotatable bonds is 7. The summed E-state index contributed by atoms with van der Waals surface area (Å²) in [5, 5.41) is 0. The number of hydrogen-bond donors (Lipinski definition) is 0. The number of hydrogen-bond acceptors (Lipinski definition) is 6. The lowest BCUT2D eigenvalue weighted by atomic mass is 9.98. The van der Waals surface area contributed by atoms with Gasteiger partial charge in [0.1, 0.15) is 0 Å². The standard InChI is InChI=1S/C15H22N2O6/c1-5-7-23-12(18)8-10(14(20)22-6-2)11-9-16(3)15(21)17(4)13(11)19/h9-10H,5-8H2,1-4H3. The van der Waals surface area contributed by atoms with Gasteiger partial charge in [0.05, 0.1) is 25.6 Å². The predicted octanol–water partition coefficient (Wildman–Crippen LogP) is 0.0740. The maximum absolute atomic E-state index is 12.3. The molecule has 0 aliphatic rings. The molecule has 8 nitrogen and oxygen atoms in total. The van der Waals surface area contributed by atoms with E-state index in [1.807, 2.05) is 6.92 Å². The van der Waals surface area contributed by atoms with Crippen LogP contribution in [0.3, 0.4) is 0 Å². The second-order valence-electron chi connectivity index (χ2n) is 5.07. The van der Waals surface area contributed by atoms with Crippen molar-refractivity contribution in [2.45, 2.75) is 32.6 Å². The number of carbonyl (C=O) groups is 2. The average Bonchev–Trinajstić information content (AvgIpc) is 2.52. The van der Waals surface area contributed by atoms with Crippen LogP contribution in [0, 0.1) is 0 Å². The number of aryl methyl sites for hydroxylation is 1. The summed E-state index contributed by atoms with van der Waals surface area (Å²) < 4.78 is 12.0. The summed E-state index contributed by atoms with van der Waals surface area (Å²) in [6, 6.07) is 0. The summed E-state index contributed by atoms with van der Waals surface area (Å²) in [5.41, 5.74) is -1.12. The third-order valence-electron chi connectivity index (χ3n) is 3.26. The summed E-state index contributed by atoms with van der Waals surface area (Å²) >= 11 is 0. The largest absolute Gasteiger partial charge is 0.466 e. The van der Waals surface area contributed by atoms with Gasteiger partial charge in [-0.3, -0.25) is 19.0 Å². The van der Waals surface area contributed by atoms with Gasteiger partial charge in [-0.05, 0) is 13.3 Å². The molecule has 0 amide bonds. The van der Waals surface area contributed by atoms with Crippen LogP contribution in [-0.4, -0.2) is 34.3 Å². The number of aromatic nitrogens is 2. The van der Waals surface area contributed by atoms with Crippen LogP contribution in [0.1, 0.15) is 38.2 Å². The van der Waals surface area contributed by atoms with Gasteiger partial charge in [0.2, 0.25) is 0 Å². The lowest BCUT2D eigenvalue weighted by Crippen LogP contribution is -2.40. The average molecular weight is 326 g/mol. The Labute approximate surface area is 133 Å². The molecule has 0 saturated carbocycles. The Balaban J connectivity index is 3.25. The zero-order valence-electron chi connectivity index (χ0n) is 13.8. The van der Waals surface area contributed by atoms with Crippen LogP contribution in [-0.2, 0) is 33.2 Å². The van der Waals surface area contributed by atoms with E-state index in [-0.39, 0.29) is 25.2 Å². The van der Waals surface area contributed by atoms with E-state index in [1.54, 1.807) is 6.92 Å². The van der Waals surface area contributed by atoms with Gasteiger partial charge in [-0.25, -0.2) is 4.79 Å². The van der Waals surface area contributed by atoms with E-state index in [1.165, 1.54) is 24.9 Å². The zero-order chi connectivity index (χ0) is 17.6. The van der Waals surface area contributed by atoms with Crippen molar-refractivity contribution >= 4 is 11.9 Å². The van der Waals surface area contributed by atoms with Crippen molar-refractivity contribution in [2.24, 2.45) is 14.1 Å². The second kappa shape index (κ2) is 8.30. The Hall–Kier alpha value is -2.38. The maximum atomic E-state index is 12.3. The van der Waals surface area contributed by atoms with Crippen molar-refractivity contribution in [1.82, 2.24) is 9.13 Å². The fraction of sp³-hybridized carbons (Fsp3) is 0.600. The molecular weight excluding hydrogens is 304 g/mol. The van der Waals surface area contributed by atoms with Crippen LogP contribution in [0.5, 0.6) is 0 Å². The molecule has 23 heavy (non-hydrogen) atoms. The Morgan fingerprint density at radius 3 is 2.39 bits per heavy atom. The smallest absolute Gasteiger partial charge is 0.330 e. The first-order chi connectivity index (χ1) is 10.8. The van der Waals surface area contributed by atoms with Gasteiger partial charge in [0.25, 0.3) is 5.56 Å². The molecule has 1 aromatic rings. The number of ether oxygens (including phenoxy) is 2. The molecule has 0 aliphatic heterocycles. The van der Waals surface area contributed by atoms with Gasteiger partial charge in [-0.2, -0.15) is 0 Å². The number of esters is 2. The van der Waals surface area contributed by atoms with Crippen molar-refractivity contribution in [3.05, 3.63) is 32.6 Å². The summed E-state index contributed by atoms with van der Waals surface area (Å²) in [6.45, 7) is 3.83. The van der Waals surface area contributed by atoms with E-state index < -0.39 is 29.1 Å². The predicted molar refractivity (Wildman–Crippen MR) is 82.2 cm³/mol. The Kier molecular flexibility index (Phi) is 6.74. The quantitative estimate of drug-likeness (QED) is 0.658. The van der Waals surface area contributed by atoms with E-state index in [4.69, 9.17) is 9.47 Å². The van der Waals surface area contributed by atoms with Gasteiger partial charge in [-0.1, -0.05) is 6.92 Å². The fourth-order valence-corrected chi connectivity index (χ4v) is 2.08. The van der Waals surface area contributed by atoms with Crippen LogP contribution >= 0.6 is 0 Å². The van der Waals surface area contributed by atoms with E-state index in [0.717, 1.165) is 4.57 Å². The molecule has 8 heteroatoms. The highest BCUT2D eigenvalue weighted by Crippen LogP contribution is 2.18. The molecule has 1 rings (SSSR count). The molecule has 0 fully saturated rings. The minimum Gasteiger partial charge on any atom is -0.466 e. The van der Waals surface area contributed by atoms with Crippen LogP contribution in [0.25, 0.3) is 0 Å². The van der Waals surface area contributed by atoms with Crippen molar-refractivity contribution < 1.29 is 19.1 Å². The minimum atomic E-state index is -1.11. The fourth-order valence-electron chi connectivity index (χ4n) is 2.08. The van der Waals surface area contributed by atoms with Gasteiger partial charge in [0.15, 0.2) is 0 Å². The molecule has 1 atom stereocenters. The van der Waals surface area contributed by atoms with Gasteiger partial charge in [-0.15, -0.1) is 0 Å². The van der Waals surface area contributed by atoms with E-state index in [9.17, 15) is 19.2 Å². The summed E-state index contributed by atoms with van der Waals surface area (Å²) in [4.78, 5) is 48.0. The molecule has 0 saturated heterocycles. The Morgan fingerprint density at radius 2 is 1.83 bits per heavy atom. The molecule has 1 aromatic heterocycles. The molecule has 128 valence electrons. The van der Waals surface area contributed by atoms with Crippen LogP contribution < -0.4 is 11.2 Å².